The van der Waals surface area contributed by atoms with E-state index in [9.17, 15) is 5.11 Å². The number of benzene rings is 1. The number of hydrogen-bond acceptors (Lipinski definition) is 4. The molecule has 0 aromatic heterocycles. The van der Waals surface area contributed by atoms with Crippen LogP contribution in [0.5, 0.6) is 5.75 Å². The van der Waals surface area contributed by atoms with Crippen LogP contribution in [-0.2, 0) is 6.42 Å². The van der Waals surface area contributed by atoms with E-state index in [0.717, 1.165) is 24.3 Å². The zero-order valence-corrected chi connectivity index (χ0v) is 11.9. The Hall–Kier alpha value is -1.10. The monoisotopic (exact) mass is 267 g/mol. The minimum Gasteiger partial charge on any atom is -0.491 e. The van der Waals surface area contributed by atoms with Crippen LogP contribution < -0.4 is 10.1 Å². The van der Waals surface area contributed by atoms with E-state index in [-0.39, 0.29) is 13.2 Å². The minimum absolute atomic E-state index is 0.151. The molecule has 0 amide bonds. The topological polar surface area (TPSA) is 61.7 Å². The first-order valence-corrected chi connectivity index (χ1v) is 6.83. The molecule has 0 heterocycles. The van der Waals surface area contributed by atoms with Crippen LogP contribution >= 0.6 is 0 Å². The standard InChI is InChI=1S/C15H25NO3/c1-3-9-16-11-15(2,18)12-19-14-6-4-13(5-7-14)8-10-17/h4-7,16-18H,3,8-12H2,1-2H3. The SMILES string of the molecule is CCCNCC(C)(O)COc1ccc(CCO)cc1. The lowest BCUT2D eigenvalue weighted by atomic mass is 10.1. The molecule has 1 atom stereocenters. The summed E-state index contributed by atoms with van der Waals surface area (Å²) in [4.78, 5) is 0. The highest BCUT2D eigenvalue weighted by atomic mass is 16.5. The third-order valence-electron chi connectivity index (χ3n) is 2.81. The molecule has 0 aliphatic carbocycles. The van der Waals surface area contributed by atoms with E-state index >= 15 is 0 Å². The van der Waals surface area contributed by atoms with E-state index in [1.54, 1.807) is 6.92 Å². The van der Waals surface area contributed by atoms with Gasteiger partial charge in [0.2, 0.25) is 0 Å². The van der Waals surface area contributed by atoms with Crippen molar-refractivity contribution in [3.05, 3.63) is 29.8 Å². The minimum atomic E-state index is -0.876. The lowest BCUT2D eigenvalue weighted by Crippen LogP contribution is -2.43. The Morgan fingerprint density at radius 2 is 1.95 bits per heavy atom. The smallest absolute Gasteiger partial charge is 0.119 e. The van der Waals surface area contributed by atoms with Crippen LogP contribution in [0.2, 0.25) is 0 Å². The van der Waals surface area contributed by atoms with Gasteiger partial charge in [0.1, 0.15) is 18.0 Å². The molecule has 0 bridgehead atoms. The molecular weight excluding hydrogens is 242 g/mol. The average Bonchev–Trinajstić information content (AvgIpc) is 2.39. The highest BCUT2D eigenvalue weighted by molar-refractivity contribution is 5.27. The number of ether oxygens (including phenoxy) is 1. The van der Waals surface area contributed by atoms with Gasteiger partial charge in [-0.2, -0.15) is 0 Å². The third-order valence-corrected chi connectivity index (χ3v) is 2.81. The van der Waals surface area contributed by atoms with Crippen LogP contribution in [0.3, 0.4) is 0 Å². The molecule has 1 rings (SSSR count). The van der Waals surface area contributed by atoms with Crippen LogP contribution in [0.4, 0.5) is 0 Å². The van der Waals surface area contributed by atoms with Crippen LogP contribution in [0.25, 0.3) is 0 Å². The Bertz CT molecular complexity index is 349. The van der Waals surface area contributed by atoms with Crippen LogP contribution in [0.1, 0.15) is 25.8 Å². The van der Waals surface area contributed by atoms with Gasteiger partial charge >= 0.3 is 0 Å². The molecule has 1 aromatic rings. The number of nitrogens with one attached hydrogen (secondary N) is 1. The summed E-state index contributed by atoms with van der Waals surface area (Å²) < 4.78 is 5.58. The summed E-state index contributed by atoms with van der Waals surface area (Å²) in [6, 6.07) is 7.58. The molecule has 0 radical (unpaired) electrons. The van der Waals surface area contributed by atoms with Crippen molar-refractivity contribution in [2.24, 2.45) is 0 Å². The molecule has 108 valence electrons. The predicted molar refractivity (Wildman–Crippen MR) is 76.5 cm³/mol. The first-order valence-electron chi connectivity index (χ1n) is 6.83. The number of aliphatic hydroxyl groups excluding tert-OH is 1. The number of aliphatic hydroxyl groups is 2. The van der Waals surface area contributed by atoms with E-state index < -0.39 is 5.60 Å². The molecule has 3 N–H and O–H groups in total. The van der Waals surface area contributed by atoms with Gasteiger partial charge in [0.15, 0.2) is 0 Å². The Morgan fingerprint density at radius 3 is 2.53 bits per heavy atom. The van der Waals surface area contributed by atoms with Gasteiger partial charge in [-0.1, -0.05) is 19.1 Å². The summed E-state index contributed by atoms with van der Waals surface area (Å²) in [7, 11) is 0. The third kappa shape index (κ3) is 6.57. The molecule has 0 aliphatic heterocycles. The summed E-state index contributed by atoms with van der Waals surface area (Å²) >= 11 is 0. The van der Waals surface area contributed by atoms with E-state index in [2.05, 4.69) is 12.2 Å². The Morgan fingerprint density at radius 1 is 1.26 bits per heavy atom. The van der Waals surface area contributed by atoms with E-state index in [1.165, 1.54) is 0 Å². The Balaban J connectivity index is 2.38. The fraction of sp³-hybridized carbons (Fsp3) is 0.600. The van der Waals surface area contributed by atoms with Gasteiger partial charge in [0.25, 0.3) is 0 Å². The molecule has 0 fully saturated rings. The fourth-order valence-electron chi connectivity index (χ4n) is 1.71. The van der Waals surface area contributed by atoms with Crippen LogP contribution in [0, 0.1) is 0 Å². The lowest BCUT2D eigenvalue weighted by molar-refractivity contribution is 0.0125. The normalized spacial score (nSPS) is 14.1. The fourth-order valence-corrected chi connectivity index (χ4v) is 1.71. The van der Waals surface area contributed by atoms with Crippen molar-refractivity contribution < 1.29 is 14.9 Å². The molecule has 1 unspecified atom stereocenters. The maximum absolute atomic E-state index is 10.1. The van der Waals surface area contributed by atoms with Gasteiger partial charge in [0.05, 0.1) is 0 Å². The van der Waals surface area contributed by atoms with Gasteiger partial charge in [0, 0.05) is 13.2 Å². The summed E-state index contributed by atoms with van der Waals surface area (Å²) in [5.41, 5.74) is 0.199. The number of hydrogen-bond donors (Lipinski definition) is 3. The van der Waals surface area contributed by atoms with Gasteiger partial charge in [-0.15, -0.1) is 0 Å². The van der Waals surface area contributed by atoms with Crippen LogP contribution in [0.15, 0.2) is 24.3 Å². The van der Waals surface area contributed by atoms with Crippen molar-refractivity contribution >= 4 is 0 Å². The number of rotatable bonds is 9. The lowest BCUT2D eigenvalue weighted by Gasteiger charge is -2.24. The zero-order valence-electron chi connectivity index (χ0n) is 11.9. The predicted octanol–water partition coefficient (Wildman–Crippen LogP) is 1.35. The van der Waals surface area contributed by atoms with Crippen molar-refractivity contribution in [2.45, 2.75) is 32.3 Å². The second kappa shape index (κ2) is 8.15. The zero-order chi connectivity index (χ0) is 14.1. The van der Waals surface area contributed by atoms with Gasteiger partial charge in [-0.3, -0.25) is 0 Å². The maximum atomic E-state index is 10.1. The quantitative estimate of drug-likeness (QED) is 0.591. The van der Waals surface area contributed by atoms with Gasteiger partial charge < -0.3 is 20.3 Å². The molecule has 0 spiro atoms. The van der Waals surface area contributed by atoms with Crippen molar-refractivity contribution in [3.8, 4) is 5.75 Å². The van der Waals surface area contributed by atoms with Crippen molar-refractivity contribution in [2.75, 3.05) is 26.3 Å². The molecule has 1 aromatic carbocycles. The first kappa shape index (κ1) is 16.0. The van der Waals surface area contributed by atoms with E-state index in [1.807, 2.05) is 24.3 Å². The highest BCUT2D eigenvalue weighted by Crippen LogP contribution is 2.14. The van der Waals surface area contributed by atoms with Crippen LogP contribution in [-0.4, -0.2) is 42.1 Å². The van der Waals surface area contributed by atoms with Gasteiger partial charge in [-0.05, 0) is 44.0 Å². The van der Waals surface area contributed by atoms with Crippen molar-refractivity contribution in [1.82, 2.24) is 5.32 Å². The van der Waals surface area contributed by atoms with E-state index in [4.69, 9.17) is 9.84 Å². The molecule has 0 aliphatic rings. The van der Waals surface area contributed by atoms with Gasteiger partial charge in [-0.25, -0.2) is 0 Å². The maximum Gasteiger partial charge on any atom is 0.119 e. The Kier molecular flexibility index (Phi) is 6.84. The summed E-state index contributed by atoms with van der Waals surface area (Å²) in [5.74, 6) is 0.734. The van der Waals surface area contributed by atoms with Crippen molar-refractivity contribution in [1.29, 1.82) is 0 Å². The molecule has 4 nitrogen and oxygen atoms in total. The largest absolute Gasteiger partial charge is 0.491 e. The van der Waals surface area contributed by atoms with Crippen molar-refractivity contribution in [3.63, 3.8) is 0 Å². The average molecular weight is 267 g/mol. The molecule has 4 heteroatoms. The summed E-state index contributed by atoms with van der Waals surface area (Å²) in [5, 5.41) is 22.1. The first-order chi connectivity index (χ1) is 9.07. The second-order valence-electron chi connectivity index (χ2n) is 5.08. The Labute approximate surface area is 115 Å². The molecule has 0 saturated heterocycles. The molecule has 19 heavy (non-hydrogen) atoms. The summed E-state index contributed by atoms with van der Waals surface area (Å²) in [6.45, 7) is 5.67. The highest BCUT2D eigenvalue weighted by Gasteiger charge is 2.20. The molecule has 0 saturated carbocycles. The van der Waals surface area contributed by atoms with E-state index in [0.29, 0.717) is 13.0 Å². The molecular formula is C15H25NO3. The summed E-state index contributed by atoms with van der Waals surface area (Å²) in [6.07, 6.45) is 1.70. The second-order valence-corrected chi connectivity index (χ2v) is 5.08.